The molecule has 0 bridgehead atoms. The van der Waals surface area contributed by atoms with Gasteiger partial charge >= 0.3 is 0 Å². The van der Waals surface area contributed by atoms with Crippen molar-refractivity contribution >= 4 is 26.0 Å². The Morgan fingerprint density at radius 2 is 1.88 bits per heavy atom. The molecule has 5 nitrogen and oxygen atoms in total. The molecular weight excluding hydrogens is 397 g/mol. The first-order chi connectivity index (χ1) is 11.2. The standard InChI is InChI=1S/C16H21BrFN3O2S/c1-5-20(6-2)24(22,23)16-11(3)19-21(12(16)4)10-13-7-8-14(17)9-15(13)18/h7-9H,5-6,10H2,1-4H3. The van der Waals surface area contributed by atoms with Crippen molar-refractivity contribution in [1.82, 2.24) is 14.1 Å². The molecule has 8 heteroatoms. The summed E-state index contributed by atoms with van der Waals surface area (Å²) in [6.07, 6.45) is 0. The molecule has 0 radical (unpaired) electrons. The predicted molar refractivity (Wildman–Crippen MR) is 95.0 cm³/mol. The smallest absolute Gasteiger partial charge is 0.246 e. The van der Waals surface area contributed by atoms with E-state index in [4.69, 9.17) is 0 Å². The largest absolute Gasteiger partial charge is 0.264 e. The zero-order valence-electron chi connectivity index (χ0n) is 14.2. The molecule has 1 aromatic heterocycles. The molecule has 2 aromatic rings. The molecule has 0 aliphatic heterocycles. The van der Waals surface area contributed by atoms with Gasteiger partial charge in [-0.05, 0) is 26.0 Å². The van der Waals surface area contributed by atoms with Crippen molar-refractivity contribution < 1.29 is 12.8 Å². The van der Waals surface area contributed by atoms with Crippen LogP contribution in [0.5, 0.6) is 0 Å². The summed E-state index contributed by atoms with van der Waals surface area (Å²) in [5.74, 6) is -0.356. The first kappa shape index (κ1) is 19.1. The summed E-state index contributed by atoms with van der Waals surface area (Å²) in [4.78, 5) is 0.212. The monoisotopic (exact) mass is 417 g/mol. The molecule has 0 amide bonds. The highest BCUT2D eigenvalue weighted by Gasteiger charge is 2.29. The van der Waals surface area contributed by atoms with Gasteiger partial charge in [0.15, 0.2) is 0 Å². The third kappa shape index (κ3) is 3.55. The van der Waals surface area contributed by atoms with E-state index in [-0.39, 0.29) is 17.3 Å². The second-order valence-electron chi connectivity index (χ2n) is 5.48. The lowest BCUT2D eigenvalue weighted by Crippen LogP contribution is -2.31. The summed E-state index contributed by atoms with van der Waals surface area (Å²) in [5, 5.41) is 4.32. The molecule has 1 aromatic carbocycles. The van der Waals surface area contributed by atoms with Gasteiger partial charge in [0.1, 0.15) is 10.7 Å². The van der Waals surface area contributed by atoms with Gasteiger partial charge in [0.2, 0.25) is 10.0 Å². The van der Waals surface area contributed by atoms with E-state index in [1.54, 1.807) is 39.8 Å². The van der Waals surface area contributed by atoms with Gasteiger partial charge in [-0.1, -0.05) is 35.8 Å². The predicted octanol–water partition coefficient (Wildman–Crippen LogP) is 3.48. The maximum atomic E-state index is 14.0. The zero-order valence-corrected chi connectivity index (χ0v) is 16.6. The Bertz CT molecular complexity index is 845. The van der Waals surface area contributed by atoms with Gasteiger partial charge in [-0.3, -0.25) is 4.68 Å². The van der Waals surface area contributed by atoms with Crippen LogP contribution in [0.3, 0.4) is 0 Å². The van der Waals surface area contributed by atoms with Crippen molar-refractivity contribution in [3.05, 3.63) is 45.4 Å². The molecule has 0 saturated carbocycles. The average molecular weight is 418 g/mol. The topological polar surface area (TPSA) is 55.2 Å². The van der Waals surface area contributed by atoms with E-state index < -0.39 is 10.0 Å². The van der Waals surface area contributed by atoms with Crippen molar-refractivity contribution in [1.29, 1.82) is 0 Å². The van der Waals surface area contributed by atoms with Crippen molar-refractivity contribution in [3.63, 3.8) is 0 Å². The summed E-state index contributed by atoms with van der Waals surface area (Å²) in [6.45, 7) is 7.93. The van der Waals surface area contributed by atoms with E-state index >= 15 is 0 Å². The van der Waals surface area contributed by atoms with Crippen LogP contribution in [0.15, 0.2) is 27.6 Å². The fourth-order valence-corrected chi connectivity index (χ4v) is 4.88. The Kier molecular flexibility index (Phi) is 5.83. The van der Waals surface area contributed by atoms with Crippen molar-refractivity contribution in [2.45, 2.75) is 39.1 Å². The van der Waals surface area contributed by atoms with Crippen LogP contribution in [0.4, 0.5) is 4.39 Å². The highest BCUT2D eigenvalue weighted by Crippen LogP contribution is 2.25. The Hall–Kier alpha value is -1.25. The Morgan fingerprint density at radius 3 is 2.42 bits per heavy atom. The first-order valence-electron chi connectivity index (χ1n) is 7.70. The molecule has 0 aliphatic carbocycles. The lowest BCUT2D eigenvalue weighted by molar-refractivity contribution is 0.444. The van der Waals surface area contributed by atoms with Crippen molar-refractivity contribution in [3.8, 4) is 0 Å². The maximum Gasteiger partial charge on any atom is 0.246 e. The van der Waals surface area contributed by atoms with E-state index in [1.165, 1.54) is 15.1 Å². The molecule has 0 saturated heterocycles. The van der Waals surface area contributed by atoms with Gasteiger partial charge < -0.3 is 0 Å². The van der Waals surface area contributed by atoms with Crippen LogP contribution in [-0.4, -0.2) is 35.6 Å². The van der Waals surface area contributed by atoms with Gasteiger partial charge in [-0.2, -0.15) is 9.40 Å². The molecule has 0 fully saturated rings. The summed E-state index contributed by atoms with van der Waals surface area (Å²) in [5.41, 5.74) is 1.40. The average Bonchev–Trinajstić information content (AvgIpc) is 2.77. The first-order valence-corrected chi connectivity index (χ1v) is 9.93. The quantitative estimate of drug-likeness (QED) is 0.722. The lowest BCUT2D eigenvalue weighted by Gasteiger charge is -2.18. The fourth-order valence-electron chi connectivity index (χ4n) is 2.71. The van der Waals surface area contributed by atoms with E-state index in [9.17, 15) is 12.8 Å². The van der Waals surface area contributed by atoms with Crippen LogP contribution >= 0.6 is 15.9 Å². The molecule has 24 heavy (non-hydrogen) atoms. The minimum Gasteiger partial charge on any atom is -0.264 e. The molecule has 0 spiro atoms. The van der Waals surface area contributed by atoms with Crippen LogP contribution in [0.2, 0.25) is 0 Å². The number of hydrogen-bond acceptors (Lipinski definition) is 3. The van der Waals surface area contributed by atoms with Crippen LogP contribution < -0.4 is 0 Å². The molecule has 2 rings (SSSR count). The second-order valence-corrected chi connectivity index (χ2v) is 8.27. The summed E-state index contributed by atoms with van der Waals surface area (Å²) in [7, 11) is -3.60. The molecule has 1 heterocycles. The van der Waals surface area contributed by atoms with E-state index in [1.807, 2.05) is 0 Å². The van der Waals surface area contributed by atoms with Crippen molar-refractivity contribution in [2.24, 2.45) is 0 Å². The Labute approximate surface area is 150 Å². The van der Waals surface area contributed by atoms with Crippen LogP contribution in [0.25, 0.3) is 0 Å². The zero-order chi connectivity index (χ0) is 18.1. The number of hydrogen-bond donors (Lipinski definition) is 0. The van der Waals surface area contributed by atoms with E-state index in [2.05, 4.69) is 21.0 Å². The minimum absolute atomic E-state index is 0.180. The number of aryl methyl sites for hydroxylation is 1. The maximum absolute atomic E-state index is 14.0. The normalized spacial score (nSPS) is 12.1. The van der Waals surface area contributed by atoms with Crippen LogP contribution in [-0.2, 0) is 16.6 Å². The third-order valence-electron chi connectivity index (χ3n) is 3.95. The Balaban J connectivity index is 2.46. The van der Waals surface area contributed by atoms with Gasteiger partial charge in [-0.25, -0.2) is 12.8 Å². The number of rotatable bonds is 6. The molecule has 132 valence electrons. The number of benzene rings is 1. The lowest BCUT2D eigenvalue weighted by atomic mass is 10.2. The van der Waals surface area contributed by atoms with Gasteiger partial charge in [0, 0.05) is 23.1 Å². The number of sulfonamides is 1. The van der Waals surface area contributed by atoms with Crippen LogP contribution in [0.1, 0.15) is 30.8 Å². The number of nitrogens with zero attached hydrogens (tertiary/aromatic N) is 3. The molecule has 0 unspecified atom stereocenters. The van der Waals surface area contributed by atoms with E-state index in [0.29, 0.717) is 34.5 Å². The number of halogens is 2. The minimum atomic E-state index is -3.60. The summed E-state index contributed by atoms with van der Waals surface area (Å²) >= 11 is 3.22. The molecule has 0 aliphatic rings. The number of aromatic nitrogens is 2. The van der Waals surface area contributed by atoms with Gasteiger partial charge in [0.25, 0.3) is 0 Å². The van der Waals surface area contributed by atoms with Gasteiger partial charge in [-0.15, -0.1) is 0 Å². The molecular formula is C16H21BrFN3O2S. The SMILES string of the molecule is CCN(CC)S(=O)(=O)c1c(C)nn(Cc2ccc(Br)cc2F)c1C. The fraction of sp³-hybridized carbons (Fsp3) is 0.438. The molecule has 0 atom stereocenters. The Morgan fingerprint density at radius 1 is 1.25 bits per heavy atom. The van der Waals surface area contributed by atoms with E-state index in [0.717, 1.165) is 0 Å². The summed E-state index contributed by atoms with van der Waals surface area (Å²) < 4.78 is 43.3. The van der Waals surface area contributed by atoms with Gasteiger partial charge in [0.05, 0.1) is 17.9 Å². The van der Waals surface area contributed by atoms with Crippen LogP contribution in [0, 0.1) is 19.7 Å². The second kappa shape index (κ2) is 7.33. The molecule has 0 N–H and O–H groups in total. The highest BCUT2D eigenvalue weighted by atomic mass is 79.9. The third-order valence-corrected chi connectivity index (χ3v) is 6.75. The van der Waals surface area contributed by atoms with Crippen molar-refractivity contribution in [2.75, 3.05) is 13.1 Å². The summed E-state index contributed by atoms with van der Waals surface area (Å²) in [6, 6.07) is 4.79. The highest BCUT2D eigenvalue weighted by molar-refractivity contribution is 9.10.